The minimum atomic E-state index is -0.610. The van der Waals surface area contributed by atoms with Gasteiger partial charge in [0, 0.05) is 24.1 Å². The maximum absolute atomic E-state index is 10.1. The number of hydrogen-bond acceptors (Lipinski definition) is 4. The van der Waals surface area contributed by atoms with E-state index in [2.05, 4.69) is 37.4 Å². The first-order valence-electron chi connectivity index (χ1n) is 8.90. The van der Waals surface area contributed by atoms with Crippen LogP contribution in [0, 0.1) is 0 Å². The summed E-state index contributed by atoms with van der Waals surface area (Å²) in [5.41, 5.74) is 8.31. The molecule has 0 saturated carbocycles. The molecule has 4 atom stereocenters. The summed E-state index contributed by atoms with van der Waals surface area (Å²) >= 11 is 0. The Bertz CT molecular complexity index is 700. The molecule has 1 unspecified atom stereocenters. The molecule has 2 aromatic rings. The fourth-order valence-electron chi connectivity index (χ4n) is 3.54. The molecule has 0 fully saturated rings. The maximum Gasteiger partial charge on any atom is 0.124 e. The second kappa shape index (κ2) is 7.16. The van der Waals surface area contributed by atoms with Crippen molar-refractivity contribution in [1.82, 2.24) is 5.32 Å². The van der Waals surface area contributed by atoms with Crippen LogP contribution in [0.25, 0.3) is 0 Å². The van der Waals surface area contributed by atoms with Gasteiger partial charge in [-0.15, -0.1) is 0 Å². The van der Waals surface area contributed by atoms with E-state index >= 15 is 0 Å². The maximum atomic E-state index is 10.1. The molecule has 134 valence electrons. The molecule has 3 rings (SSSR count). The van der Waals surface area contributed by atoms with E-state index in [0.29, 0.717) is 0 Å². The molecule has 0 saturated heterocycles. The Morgan fingerprint density at radius 2 is 1.76 bits per heavy atom. The highest BCUT2D eigenvalue weighted by Crippen LogP contribution is 2.40. The molecule has 2 aromatic carbocycles. The highest BCUT2D eigenvalue weighted by molar-refractivity contribution is 5.39. The number of para-hydroxylation sites is 1. The number of aliphatic hydroxyl groups excluding tert-OH is 1. The van der Waals surface area contributed by atoms with E-state index in [1.807, 2.05) is 36.4 Å². The molecule has 1 heterocycles. The fraction of sp³-hybridized carbons (Fsp3) is 0.429. The molecule has 1 aliphatic rings. The monoisotopic (exact) mass is 340 g/mol. The van der Waals surface area contributed by atoms with Crippen molar-refractivity contribution in [2.75, 3.05) is 0 Å². The van der Waals surface area contributed by atoms with Crippen LogP contribution in [-0.4, -0.2) is 22.9 Å². The van der Waals surface area contributed by atoms with Crippen LogP contribution in [0.1, 0.15) is 50.4 Å². The molecule has 1 aliphatic heterocycles. The highest BCUT2D eigenvalue weighted by Gasteiger charge is 2.36. The number of hydrogen-bond donors (Lipinski definition) is 3. The zero-order valence-corrected chi connectivity index (χ0v) is 15.1. The Balaban J connectivity index is 1.94. The van der Waals surface area contributed by atoms with Crippen LogP contribution < -0.4 is 15.8 Å². The van der Waals surface area contributed by atoms with Gasteiger partial charge in [-0.05, 0) is 32.4 Å². The summed E-state index contributed by atoms with van der Waals surface area (Å²) < 4.78 is 6.12. The molecule has 4 N–H and O–H groups in total. The molecular formula is C21H28N2O2. The lowest BCUT2D eigenvalue weighted by molar-refractivity contribution is 0.0594. The van der Waals surface area contributed by atoms with Crippen molar-refractivity contribution in [3.63, 3.8) is 0 Å². The fourth-order valence-corrected chi connectivity index (χ4v) is 3.54. The largest absolute Gasteiger partial charge is 0.487 e. The van der Waals surface area contributed by atoms with Gasteiger partial charge in [-0.2, -0.15) is 0 Å². The first-order valence-corrected chi connectivity index (χ1v) is 8.90. The Morgan fingerprint density at radius 3 is 2.44 bits per heavy atom. The molecule has 0 spiro atoms. The molecule has 0 aliphatic carbocycles. The minimum absolute atomic E-state index is 0.106. The Hall–Kier alpha value is -1.88. The number of fused-ring (bicyclic) bond motifs is 1. The number of nitrogens with two attached hydrogens (primary N) is 1. The highest BCUT2D eigenvalue weighted by atomic mass is 16.5. The Kier molecular flexibility index (Phi) is 5.13. The van der Waals surface area contributed by atoms with Crippen molar-refractivity contribution in [3.8, 4) is 5.75 Å². The number of ether oxygens (including phenoxy) is 1. The zero-order chi connectivity index (χ0) is 18.0. The molecule has 0 bridgehead atoms. The number of aliphatic hydroxyl groups is 1. The van der Waals surface area contributed by atoms with Crippen LogP contribution in [0.3, 0.4) is 0 Å². The second-order valence-corrected chi connectivity index (χ2v) is 7.53. The SMILES string of the molecule is C[C@@H](O)[C@@H](N)C(N[C@H]1CC(C)(C)Oc2ccccc21)c1ccccc1. The molecule has 0 aromatic heterocycles. The van der Waals surface area contributed by atoms with Gasteiger partial charge in [0.05, 0.1) is 12.1 Å². The minimum Gasteiger partial charge on any atom is -0.487 e. The third-order valence-corrected chi connectivity index (χ3v) is 4.86. The van der Waals surface area contributed by atoms with Crippen molar-refractivity contribution < 1.29 is 9.84 Å². The van der Waals surface area contributed by atoms with Gasteiger partial charge >= 0.3 is 0 Å². The van der Waals surface area contributed by atoms with Crippen molar-refractivity contribution >= 4 is 0 Å². The van der Waals surface area contributed by atoms with E-state index in [4.69, 9.17) is 10.5 Å². The standard InChI is InChI=1S/C21H28N2O2/c1-14(24)19(22)20(15-9-5-4-6-10-15)23-17-13-21(2,3)25-18-12-8-7-11-16(17)18/h4-12,14,17,19-20,23-24H,13,22H2,1-3H3/t14-,17+,19-,20?/m1/s1. The normalized spacial score (nSPS) is 22.4. The van der Waals surface area contributed by atoms with E-state index in [1.54, 1.807) is 6.92 Å². The molecule has 0 amide bonds. The van der Waals surface area contributed by atoms with E-state index < -0.39 is 12.1 Å². The second-order valence-electron chi connectivity index (χ2n) is 7.53. The lowest BCUT2D eigenvalue weighted by atomic mass is 9.87. The molecule has 25 heavy (non-hydrogen) atoms. The van der Waals surface area contributed by atoms with Gasteiger partial charge in [0.2, 0.25) is 0 Å². The van der Waals surface area contributed by atoms with Crippen LogP contribution in [0.4, 0.5) is 0 Å². The molecule has 4 nitrogen and oxygen atoms in total. The van der Waals surface area contributed by atoms with E-state index in [1.165, 1.54) is 0 Å². The third kappa shape index (κ3) is 4.03. The number of benzene rings is 2. The lowest BCUT2D eigenvalue weighted by Gasteiger charge is -2.40. The summed E-state index contributed by atoms with van der Waals surface area (Å²) in [6, 6.07) is 17.8. The average molecular weight is 340 g/mol. The average Bonchev–Trinajstić information content (AvgIpc) is 2.58. The predicted molar refractivity (Wildman–Crippen MR) is 100 cm³/mol. The van der Waals surface area contributed by atoms with Crippen molar-refractivity contribution in [2.24, 2.45) is 5.73 Å². The van der Waals surface area contributed by atoms with Gasteiger partial charge in [0.15, 0.2) is 0 Å². The van der Waals surface area contributed by atoms with E-state index in [0.717, 1.165) is 23.3 Å². The predicted octanol–water partition coefficient (Wildman–Crippen LogP) is 3.33. The first kappa shape index (κ1) is 17.9. The summed E-state index contributed by atoms with van der Waals surface area (Å²) in [7, 11) is 0. The van der Waals surface area contributed by atoms with Crippen LogP contribution in [-0.2, 0) is 0 Å². The molecular weight excluding hydrogens is 312 g/mol. The van der Waals surface area contributed by atoms with Crippen LogP contribution in [0.2, 0.25) is 0 Å². The smallest absolute Gasteiger partial charge is 0.124 e. The van der Waals surface area contributed by atoms with Gasteiger partial charge < -0.3 is 20.9 Å². The summed E-state index contributed by atoms with van der Waals surface area (Å²) in [6.07, 6.45) is 0.223. The third-order valence-electron chi connectivity index (χ3n) is 4.86. The molecule has 0 radical (unpaired) electrons. The summed E-state index contributed by atoms with van der Waals surface area (Å²) in [5, 5.41) is 13.8. The Morgan fingerprint density at radius 1 is 1.12 bits per heavy atom. The van der Waals surface area contributed by atoms with Crippen molar-refractivity contribution in [3.05, 3.63) is 65.7 Å². The van der Waals surface area contributed by atoms with Crippen LogP contribution >= 0.6 is 0 Å². The summed E-state index contributed by atoms with van der Waals surface area (Å²) in [5.74, 6) is 0.911. The summed E-state index contributed by atoms with van der Waals surface area (Å²) in [4.78, 5) is 0. The summed E-state index contributed by atoms with van der Waals surface area (Å²) in [6.45, 7) is 5.94. The van der Waals surface area contributed by atoms with Crippen molar-refractivity contribution in [2.45, 2.75) is 57.0 Å². The Labute approximate surface area is 150 Å². The van der Waals surface area contributed by atoms with Gasteiger partial charge in [-0.25, -0.2) is 0 Å². The van der Waals surface area contributed by atoms with E-state index in [-0.39, 0.29) is 17.7 Å². The van der Waals surface area contributed by atoms with Crippen molar-refractivity contribution in [1.29, 1.82) is 0 Å². The van der Waals surface area contributed by atoms with Crippen LogP contribution in [0.15, 0.2) is 54.6 Å². The van der Waals surface area contributed by atoms with Gasteiger partial charge in [-0.3, -0.25) is 0 Å². The first-order chi connectivity index (χ1) is 11.9. The van der Waals surface area contributed by atoms with Crippen LogP contribution in [0.5, 0.6) is 5.75 Å². The topological polar surface area (TPSA) is 67.5 Å². The zero-order valence-electron chi connectivity index (χ0n) is 15.1. The van der Waals surface area contributed by atoms with Gasteiger partial charge in [0.25, 0.3) is 0 Å². The number of nitrogens with one attached hydrogen (secondary N) is 1. The van der Waals surface area contributed by atoms with Gasteiger partial charge in [0.1, 0.15) is 11.4 Å². The lowest BCUT2D eigenvalue weighted by Crippen LogP contribution is -2.48. The quantitative estimate of drug-likeness (QED) is 0.781. The number of rotatable bonds is 5. The molecule has 4 heteroatoms. The van der Waals surface area contributed by atoms with E-state index in [9.17, 15) is 5.11 Å². The van der Waals surface area contributed by atoms with Gasteiger partial charge in [-0.1, -0.05) is 48.5 Å².